The molecular formula is C14H15NO6. The van der Waals surface area contributed by atoms with E-state index in [1.807, 2.05) is 12.1 Å². The SMILES string of the molecule is O=C(O)CCC(NC(=O)C1Cc2ccccc2O1)C(=O)O. The molecule has 1 aliphatic heterocycles. The van der Waals surface area contributed by atoms with Gasteiger partial charge in [0.1, 0.15) is 11.8 Å². The maximum Gasteiger partial charge on any atom is 0.326 e. The number of para-hydroxylation sites is 1. The van der Waals surface area contributed by atoms with E-state index in [1.54, 1.807) is 12.1 Å². The highest BCUT2D eigenvalue weighted by Gasteiger charge is 2.31. The van der Waals surface area contributed by atoms with Crippen LogP contribution in [0, 0.1) is 0 Å². The Bertz CT molecular complexity index is 545. The maximum absolute atomic E-state index is 12.0. The second kappa shape index (κ2) is 6.25. The molecule has 0 bridgehead atoms. The van der Waals surface area contributed by atoms with E-state index in [4.69, 9.17) is 14.9 Å². The second-order valence-corrected chi connectivity index (χ2v) is 4.75. The van der Waals surface area contributed by atoms with Crippen molar-refractivity contribution in [3.05, 3.63) is 29.8 Å². The molecule has 7 nitrogen and oxygen atoms in total. The molecule has 1 heterocycles. The van der Waals surface area contributed by atoms with Crippen molar-refractivity contribution in [1.29, 1.82) is 0 Å². The average molecular weight is 293 g/mol. The van der Waals surface area contributed by atoms with E-state index in [9.17, 15) is 14.4 Å². The molecule has 2 atom stereocenters. The van der Waals surface area contributed by atoms with E-state index in [2.05, 4.69) is 5.32 Å². The third-order valence-corrected chi connectivity index (χ3v) is 3.20. The molecule has 112 valence electrons. The third-order valence-electron chi connectivity index (χ3n) is 3.20. The number of amides is 1. The summed E-state index contributed by atoms with van der Waals surface area (Å²) >= 11 is 0. The molecule has 1 aromatic carbocycles. The van der Waals surface area contributed by atoms with Gasteiger partial charge < -0.3 is 20.3 Å². The van der Waals surface area contributed by atoms with Gasteiger partial charge in [0.15, 0.2) is 6.10 Å². The largest absolute Gasteiger partial charge is 0.481 e. The van der Waals surface area contributed by atoms with Crippen molar-refractivity contribution >= 4 is 17.8 Å². The smallest absolute Gasteiger partial charge is 0.326 e. The molecule has 1 aromatic rings. The average Bonchev–Trinajstić information content (AvgIpc) is 2.86. The van der Waals surface area contributed by atoms with Gasteiger partial charge in [-0.1, -0.05) is 18.2 Å². The number of carboxylic acids is 2. The third kappa shape index (κ3) is 3.71. The van der Waals surface area contributed by atoms with E-state index in [0.717, 1.165) is 5.56 Å². The first-order valence-corrected chi connectivity index (χ1v) is 6.47. The normalized spacial score (nSPS) is 17.4. The van der Waals surface area contributed by atoms with E-state index >= 15 is 0 Å². The molecule has 0 saturated carbocycles. The monoisotopic (exact) mass is 293 g/mol. The van der Waals surface area contributed by atoms with Crippen molar-refractivity contribution in [2.24, 2.45) is 0 Å². The number of hydrogen-bond acceptors (Lipinski definition) is 4. The van der Waals surface area contributed by atoms with Crippen molar-refractivity contribution in [3.8, 4) is 5.75 Å². The van der Waals surface area contributed by atoms with Gasteiger partial charge in [-0.3, -0.25) is 9.59 Å². The molecular weight excluding hydrogens is 278 g/mol. The van der Waals surface area contributed by atoms with Crippen molar-refractivity contribution < 1.29 is 29.3 Å². The van der Waals surface area contributed by atoms with Gasteiger partial charge in [-0.05, 0) is 18.1 Å². The van der Waals surface area contributed by atoms with Gasteiger partial charge in [-0.25, -0.2) is 4.79 Å². The Labute approximate surface area is 120 Å². The quantitative estimate of drug-likeness (QED) is 0.700. The molecule has 21 heavy (non-hydrogen) atoms. The molecule has 0 spiro atoms. The van der Waals surface area contributed by atoms with Crippen LogP contribution in [-0.2, 0) is 20.8 Å². The lowest BCUT2D eigenvalue weighted by Gasteiger charge is -2.16. The highest BCUT2D eigenvalue weighted by molar-refractivity contribution is 5.87. The molecule has 2 unspecified atom stereocenters. The Balaban J connectivity index is 1.94. The molecule has 1 amide bonds. The minimum Gasteiger partial charge on any atom is -0.481 e. The number of benzene rings is 1. The van der Waals surface area contributed by atoms with Crippen molar-refractivity contribution in [2.75, 3.05) is 0 Å². The van der Waals surface area contributed by atoms with Gasteiger partial charge in [-0.15, -0.1) is 0 Å². The molecule has 0 aromatic heterocycles. The van der Waals surface area contributed by atoms with E-state index in [0.29, 0.717) is 12.2 Å². The van der Waals surface area contributed by atoms with Crippen LogP contribution >= 0.6 is 0 Å². The molecule has 3 N–H and O–H groups in total. The molecule has 0 radical (unpaired) electrons. The van der Waals surface area contributed by atoms with Crippen LogP contribution in [0.5, 0.6) is 5.75 Å². The summed E-state index contributed by atoms with van der Waals surface area (Å²) in [7, 11) is 0. The first-order chi connectivity index (χ1) is 9.97. The fraction of sp³-hybridized carbons (Fsp3) is 0.357. The molecule has 2 rings (SSSR count). The van der Waals surface area contributed by atoms with Crippen LogP contribution in [-0.4, -0.2) is 40.2 Å². The molecule has 0 aliphatic carbocycles. The molecule has 0 saturated heterocycles. The van der Waals surface area contributed by atoms with Gasteiger partial charge >= 0.3 is 11.9 Å². The van der Waals surface area contributed by atoms with Crippen LogP contribution in [0.1, 0.15) is 18.4 Å². The summed E-state index contributed by atoms with van der Waals surface area (Å²) in [5, 5.41) is 19.9. The maximum atomic E-state index is 12.0. The predicted molar refractivity (Wildman–Crippen MR) is 71.0 cm³/mol. The highest BCUT2D eigenvalue weighted by atomic mass is 16.5. The second-order valence-electron chi connectivity index (χ2n) is 4.75. The molecule has 0 fully saturated rings. The van der Waals surface area contributed by atoms with E-state index in [1.165, 1.54) is 0 Å². The van der Waals surface area contributed by atoms with Gasteiger partial charge in [0, 0.05) is 12.8 Å². The Hall–Kier alpha value is -2.57. The first kappa shape index (κ1) is 14.8. The Morgan fingerprint density at radius 3 is 2.62 bits per heavy atom. The Kier molecular flexibility index (Phi) is 4.42. The summed E-state index contributed by atoms with van der Waals surface area (Å²) < 4.78 is 5.45. The minimum absolute atomic E-state index is 0.171. The number of carbonyl (C=O) groups excluding carboxylic acids is 1. The minimum atomic E-state index is -1.26. The number of fused-ring (bicyclic) bond motifs is 1. The topological polar surface area (TPSA) is 113 Å². The zero-order chi connectivity index (χ0) is 15.4. The molecule has 1 aliphatic rings. The summed E-state index contributed by atoms with van der Waals surface area (Å²) in [5.74, 6) is -2.32. The van der Waals surface area contributed by atoms with Crippen molar-refractivity contribution in [1.82, 2.24) is 5.32 Å². The number of hydrogen-bond donors (Lipinski definition) is 3. The van der Waals surface area contributed by atoms with E-state index < -0.39 is 30.0 Å². The predicted octanol–water partition coefficient (Wildman–Crippen LogP) is 0.424. The van der Waals surface area contributed by atoms with Crippen LogP contribution in [0.2, 0.25) is 0 Å². The fourth-order valence-corrected chi connectivity index (χ4v) is 2.12. The summed E-state index contributed by atoms with van der Waals surface area (Å²) in [6.07, 6.45) is -0.916. The summed E-state index contributed by atoms with van der Waals surface area (Å²) in [6, 6.07) is 5.95. The number of aliphatic carboxylic acids is 2. The van der Waals surface area contributed by atoms with Gasteiger partial charge in [0.05, 0.1) is 0 Å². The lowest BCUT2D eigenvalue weighted by atomic mass is 10.1. The standard InChI is InChI=1S/C14H15NO6/c16-12(17)6-5-9(14(19)20)15-13(18)11-7-8-3-1-2-4-10(8)21-11/h1-4,9,11H,5-7H2,(H,15,18)(H,16,17)(H,19,20). The van der Waals surface area contributed by atoms with Gasteiger partial charge in [0.25, 0.3) is 5.91 Å². The number of carboxylic acid groups (broad SMARTS) is 2. The summed E-state index contributed by atoms with van der Waals surface area (Å²) in [5.41, 5.74) is 0.884. The number of rotatable bonds is 6. The zero-order valence-electron chi connectivity index (χ0n) is 11.1. The van der Waals surface area contributed by atoms with Crippen LogP contribution in [0.4, 0.5) is 0 Å². The van der Waals surface area contributed by atoms with Crippen LogP contribution in [0.3, 0.4) is 0 Å². The lowest BCUT2D eigenvalue weighted by molar-refractivity contribution is -0.144. The van der Waals surface area contributed by atoms with Crippen LogP contribution in [0.25, 0.3) is 0 Å². The Morgan fingerprint density at radius 2 is 2.00 bits per heavy atom. The fourth-order valence-electron chi connectivity index (χ4n) is 2.12. The number of ether oxygens (including phenoxy) is 1. The zero-order valence-corrected chi connectivity index (χ0v) is 11.1. The van der Waals surface area contributed by atoms with Crippen molar-refractivity contribution in [3.63, 3.8) is 0 Å². The van der Waals surface area contributed by atoms with Gasteiger partial charge in [-0.2, -0.15) is 0 Å². The summed E-state index contributed by atoms with van der Waals surface area (Å²) in [6.45, 7) is 0. The van der Waals surface area contributed by atoms with Crippen LogP contribution in [0.15, 0.2) is 24.3 Å². The van der Waals surface area contributed by atoms with Gasteiger partial charge in [0.2, 0.25) is 0 Å². The molecule has 7 heteroatoms. The lowest BCUT2D eigenvalue weighted by Crippen LogP contribution is -2.47. The number of carbonyl (C=O) groups is 3. The first-order valence-electron chi connectivity index (χ1n) is 6.47. The van der Waals surface area contributed by atoms with E-state index in [-0.39, 0.29) is 12.8 Å². The summed E-state index contributed by atoms with van der Waals surface area (Å²) in [4.78, 5) is 33.5. The Morgan fingerprint density at radius 1 is 1.29 bits per heavy atom. The van der Waals surface area contributed by atoms with Crippen molar-refractivity contribution in [2.45, 2.75) is 31.4 Å². The highest BCUT2D eigenvalue weighted by Crippen LogP contribution is 2.28. The number of nitrogens with one attached hydrogen (secondary N) is 1. The van der Waals surface area contributed by atoms with Crippen LogP contribution < -0.4 is 10.1 Å².